The average Bonchev–Trinajstić information content (AvgIpc) is 2.75. The number of aromatic amines is 1. The molecule has 0 aliphatic carbocycles. The Morgan fingerprint density at radius 2 is 2.11 bits per heavy atom. The highest BCUT2D eigenvalue weighted by Gasteiger charge is 2.22. The van der Waals surface area contributed by atoms with Gasteiger partial charge in [-0.2, -0.15) is 16.9 Å². The predicted octanol–water partition coefficient (Wildman–Crippen LogP) is 0.988. The second-order valence-electron chi connectivity index (χ2n) is 4.28. The van der Waals surface area contributed by atoms with Gasteiger partial charge in [0.25, 0.3) is 0 Å². The van der Waals surface area contributed by atoms with Crippen molar-refractivity contribution >= 4 is 21.8 Å². The molecule has 0 aliphatic rings. The van der Waals surface area contributed by atoms with Crippen molar-refractivity contribution in [2.24, 2.45) is 5.73 Å². The Bertz CT molecular complexity index is 485. The van der Waals surface area contributed by atoms with Gasteiger partial charge in [-0.05, 0) is 31.8 Å². The fourth-order valence-electron chi connectivity index (χ4n) is 1.79. The molecule has 0 unspecified atom stereocenters. The van der Waals surface area contributed by atoms with Gasteiger partial charge >= 0.3 is 0 Å². The normalized spacial score (nSPS) is 11.9. The molecule has 19 heavy (non-hydrogen) atoms. The van der Waals surface area contributed by atoms with Gasteiger partial charge in [0.05, 0.1) is 11.4 Å². The third kappa shape index (κ3) is 4.79. The Hall–Kier alpha value is -0.570. The molecule has 0 radical (unpaired) electrons. The Kier molecular flexibility index (Phi) is 6.84. The van der Waals surface area contributed by atoms with Crippen molar-refractivity contribution in [2.75, 3.05) is 18.6 Å². The van der Waals surface area contributed by atoms with Gasteiger partial charge in [-0.3, -0.25) is 5.10 Å². The van der Waals surface area contributed by atoms with E-state index in [1.54, 1.807) is 18.7 Å². The number of aromatic nitrogens is 2. The van der Waals surface area contributed by atoms with Crippen LogP contribution in [0.5, 0.6) is 0 Å². The summed E-state index contributed by atoms with van der Waals surface area (Å²) < 4.78 is 26.9. The van der Waals surface area contributed by atoms with Crippen LogP contribution in [0.4, 0.5) is 0 Å². The van der Waals surface area contributed by atoms with Crippen LogP contribution in [0.2, 0.25) is 0 Å². The fourth-order valence-corrected chi connectivity index (χ4v) is 3.73. The van der Waals surface area contributed by atoms with Crippen molar-refractivity contribution < 1.29 is 8.42 Å². The molecule has 0 fully saturated rings. The molecule has 0 atom stereocenters. The summed E-state index contributed by atoms with van der Waals surface area (Å²) in [7, 11) is -3.51. The number of nitrogens with zero attached hydrogens (tertiary/aromatic N) is 1. The van der Waals surface area contributed by atoms with Crippen LogP contribution < -0.4 is 10.5 Å². The van der Waals surface area contributed by atoms with Gasteiger partial charge in [-0.1, -0.05) is 6.42 Å². The van der Waals surface area contributed by atoms with Gasteiger partial charge in [-0.15, -0.1) is 0 Å². The Labute approximate surface area is 119 Å². The Morgan fingerprint density at radius 1 is 1.37 bits per heavy atom. The maximum absolute atomic E-state index is 12.2. The molecule has 6 nitrogen and oxygen atoms in total. The molecule has 0 spiro atoms. The van der Waals surface area contributed by atoms with Gasteiger partial charge in [0.2, 0.25) is 10.0 Å². The zero-order chi connectivity index (χ0) is 14.3. The lowest BCUT2D eigenvalue weighted by atomic mass is 10.2. The van der Waals surface area contributed by atoms with Crippen LogP contribution in [0.15, 0.2) is 4.90 Å². The molecule has 1 aromatic rings. The molecule has 0 saturated carbocycles. The number of hydrogen-bond acceptors (Lipinski definition) is 5. The van der Waals surface area contributed by atoms with Crippen LogP contribution in [-0.4, -0.2) is 37.2 Å². The summed E-state index contributed by atoms with van der Waals surface area (Å²) in [5.41, 5.74) is 6.40. The minimum atomic E-state index is -3.51. The van der Waals surface area contributed by atoms with E-state index in [4.69, 9.17) is 5.73 Å². The second kappa shape index (κ2) is 7.88. The van der Waals surface area contributed by atoms with E-state index in [0.29, 0.717) is 17.9 Å². The van der Waals surface area contributed by atoms with Gasteiger partial charge in [0, 0.05) is 13.1 Å². The summed E-state index contributed by atoms with van der Waals surface area (Å²) in [6.45, 7) is 2.23. The van der Waals surface area contributed by atoms with Crippen LogP contribution >= 0.6 is 11.8 Å². The first-order valence-corrected chi connectivity index (χ1v) is 9.13. The van der Waals surface area contributed by atoms with Gasteiger partial charge in [0.15, 0.2) is 0 Å². The first-order chi connectivity index (χ1) is 9.03. The molecule has 0 bridgehead atoms. The van der Waals surface area contributed by atoms with E-state index in [1.165, 1.54) is 0 Å². The van der Waals surface area contributed by atoms with E-state index < -0.39 is 10.0 Å². The SMILES string of the molecule is CSCCCCCNS(=O)(=O)c1c(CN)n[nH]c1C. The van der Waals surface area contributed by atoms with Crippen LogP contribution in [0, 0.1) is 6.92 Å². The van der Waals surface area contributed by atoms with Crippen molar-refractivity contribution in [2.45, 2.75) is 37.6 Å². The van der Waals surface area contributed by atoms with Gasteiger partial charge in [-0.25, -0.2) is 13.1 Å². The van der Waals surface area contributed by atoms with Gasteiger partial charge < -0.3 is 5.73 Å². The number of hydrogen-bond donors (Lipinski definition) is 3. The van der Waals surface area contributed by atoms with E-state index in [-0.39, 0.29) is 11.4 Å². The summed E-state index contributed by atoms with van der Waals surface area (Å²) in [6, 6.07) is 0. The molecule has 0 aliphatic heterocycles. The summed E-state index contributed by atoms with van der Waals surface area (Å²) in [4.78, 5) is 0.194. The summed E-state index contributed by atoms with van der Waals surface area (Å²) in [6.07, 6.45) is 5.05. The Balaban J connectivity index is 2.54. The zero-order valence-electron chi connectivity index (χ0n) is 11.4. The van der Waals surface area contributed by atoms with E-state index >= 15 is 0 Å². The molecule has 110 valence electrons. The van der Waals surface area contributed by atoms with Gasteiger partial charge in [0.1, 0.15) is 4.90 Å². The number of aryl methyl sites for hydroxylation is 1. The molecular weight excluding hydrogens is 284 g/mol. The van der Waals surface area contributed by atoms with E-state index in [1.807, 2.05) is 0 Å². The average molecular weight is 306 g/mol. The first kappa shape index (κ1) is 16.5. The number of thioether (sulfide) groups is 1. The van der Waals surface area contributed by atoms with Crippen LogP contribution in [0.3, 0.4) is 0 Å². The number of nitrogens with two attached hydrogens (primary N) is 1. The van der Waals surface area contributed by atoms with Crippen LogP contribution in [0.25, 0.3) is 0 Å². The molecule has 0 aromatic carbocycles. The molecule has 4 N–H and O–H groups in total. The second-order valence-corrected chi connectivity index (χ2v) is 6.97. The van der Waals surface area contributed by atoms with E-state index in [2.05, 4.69) is 21.2 Å². The lowest BCUT2D eigenvalue weighted by Crippen LogP contribution is -2.26. The standard InChI is InChI=1S/C11H22N4O2S2/c1-9-11(10(8-12)15-14-9)19(16,17)13-6-4-3-5-7-18-2/h13H,3-8,12H2,1-2H3,(H,14,15). The highest BCUT2D eigenvalue weighted by molar-refractivity contribution is 7.98. The first-order valence-electron chi connectivity index (χ1n) is 6.25. The van der Waals surface area contributed by atoms with Crippen molar-refractivity contribution in [3.05, 3.63) is 11.4 Å². The number of sulfonamides is 1. The van der Waals surface area contributed by atoms with Crippen LogP contribution in [0.1, 0.15) is 30.7 Å². The van der Waals surface area contributed by atoms with Crippen molar-refractivity contribution in [1.82, 2.24) is 14.9 Å². The molecule has 8 heteroatoms. The predicted molar refractivity (Wildman–Crippen MR) is 78.6 cm³/mol. The molecule has 1 rings (SSSR count). The third-order valence-electron chi connectivity index (χ3n) is 2.74. The number of unbranched alkanes of at least 4 members (excludes halogenated alkanes) is 2. The minimum absolute atomic E-state index is 0.105. The van der Waals surface area contributed by atoms with Crippen molar-refractivity contribution in [3.8, 4) is 0 Å². The maximum Gasteiger partial charge on any atom is 0.244 e. The van der Waals surface area contributed by atoms with E-state index in [0.717, 1.165) is 25.0 Å². The molecule has 0 saturated heterocycles. The minimum Gasteiger partial charge on any atom is -0.325 e. The fraction of sp³-hybridized carbons (Fsp3) is 0.727. The molecular formula is C11H22N4O2S2. The number of nitrogens with one attached hydrogen (secondary N) is 2. The zero-order valence-corrected chi connectivity index (χ0v) is 13.0. The molecule has 1 aromatic heterocycles. The lowest BCUT2D eigenvalue weighted by Gasteiger charge is -2.07. The summed E-state index contributed by atoms with van der Waals surface area (Å²) in [5, 5.41) is 6.56. The number of H-pyrrole nitrogens is 1. The van der Waals surface area contributed by atoms with Crippen molar-refractivity contribution in [3.63, 3.8) is 0 Å². The quantitative estimate of drug-likeness (QED) is 0.591. The van der Waals surface area contributed by atoms with E-state index in [9.17, 15) is 8.42 Å². The summed E-state index contributed by atoms with van der Waals surface area (Å²) in [5.74, 6) is 1.12. The maximum atomic E-state index is 12.2. The topological polar surface area (TPSA) is 101 Å². The largest absolute Gasteiger partial charge is 0.325 e. The Morgan fingerprint density at radius 3 is 2.74 bits per heavy atom. The smallest absolute Gasteiger partial charge is 0.244 e. The molecule has 1 heterocycles. The lowest BCUT2D eigenvalue weighted by molar-refractivity contribution is 0.574. The van der Waals surface area contributed by atoms with Crippen molar-refractivity contribution in [1.29, 1.82) is 0 Å². The monoisotopic (exact) mass is 306 g/mol. The highest BCUT2D eigenvalue weighted by Crippen LogP contribution is 2.16. The summed E-state index contributed by atoms with van der Waals surface area (Å²) >= 11 is 1.81. The number of rotatable bonds is 9. The third-order valence-corrected chi connectivity index (χ3v) is 5.10. The van der Waals surface area contributed by atoms with Crippen LogP contribution in [-0.2, 0) is 16.6 Å². The molecule has 0 amide bonds. The highest BCUT2D eigenvalue weighted by atomic mass is 32.2.